The highest BCUT2D eigenvalue weighted by Gasteiger charge is 2.45. The van der Waals surface area contributed by atoms with Gasteiger partial charge in [0.15, 0.2) is 6.29 Å². The molecule has 1 aromatic heterocycles. The SMILES string of the molecule is CCCC(=O)N[C@H]1C(O)O[C@H](COC(=O)[C@@H](N)Cc2c[nH]cn2)[C@@H](O)[C@@H]1O.Cl. The number of carbonyl (C=O) groups is 2. The van der Waals surface area contributed by atoms with E-state index in [9.17, 15) is 24.9 Å². The molecule has 2 rings (SSSR count). The van der Waals surface area contributed by atoms with Crippen molar-refractivity contribution in [2.75, 3.05) is 6.61 Å². The first kappa shape index (κ1) is 24.3. The van der Waals surface area contributed by atoms with Crippen LogP contribution in [0.15, 0.2) is 12.5 Å². The van der Waals surface area contributed by atoms with E-state index < -0.39 is 49.3 Å². The Hall–Kier alpha value is -1.76. The van der Waals surface area contributed by atoms with Crippen molar-refractivity contribution in [2.24, 2.45) is 5.73 Å². The molecule has 0 bridgehead atoms. The molecule has 0 radical (unpaired) electrons. The number of amides is 1. The third kappa shape index (κ3) is 6.40. The van der Waals surface area contributed by atoms with Gasteiger partial charge in [-0.25, -0.2) is 4.98 Å². The number of aliphatic hydroxyl groups is 3. The Morgan fingerprint density at radius 1 is 1.39 bits per heavy atom. The Morgan fingerprint density at radius 2 is 2.11 bits per heavy atom. The summed E-state index contributed by atoms with van der Waals surface area (Å²) in [5.41, 5.74) is 6.33. The molecule has 1 aliphatic rings. The second kappa shape index (κ2) is 11.3. The summed E-state index contributed by atoms with van der Waals surface area (Å²) in [7, 11) is 0. The van der Waals surface area contributed by atoms with Crippen LogP contribution < -0.4 is 11.1 Å². The van der Waals surface area contributed by atoms with E-state index >= 15 is 0 Å². The monoisotopic (exact) mass is 422 g/mol. The number of nitrogens with two attached hydrogens (primary N) is 1. The average Bonchev–Trinajstić information content (AvgIpc) is 3.13. The van der Waals surface area contributed by atoms with Gasteiger partial charge in [-0.05, 0) is 6.42 Å². The third-order valence-corrected chi connectivity index (χ3v) is 4.20. The summed E-state index contributed by atoms with van der Waals surface area (Å²) < 4.78 is 10.2. The molecule has 1 amide bonds. The van der Waals surface area contributed by atoms with Gasteiger partial charge in [-0.3, -0.25) is 9.59 Å². The normalized spacial score (nSPS) is 28.1. The van der Waals surface area contributed by atoms with Crippen LogP contribution in [0.3, 0.4) is 0 Å². The Kier molecular flexibility index (Phi) is 9.79. The molecular formula is C16H27ClN4O7. The maximum absolute atomic E-state index is 12.0. The lowest BCUT2D eigenvalue weighted by Gasteiger charge is -2.40. The lowest BCUT2D eigenvalue weighted by atomic mass is 9.97. The number of hydrogen-bond acceptors (Lipinski definition) is 9. The predicted octanol–water partition coefficient (Wildman–Crippen LogP) is -2.03. The molecule has 6 atom stereocenters. The number of halogens is 1. The van der Waals surface area contributed by atoms with Crippen LogP contribution in [0, 0.1) is 0 Å². The van der Waals surface area contributed by atoms with Crippen molar-refractivity contribution in [3.8, 4) is 0 Å². The molecule has 1 aromatic rings. The number of rotatable bonds is 8. The molecule has 1 saturated heterocycles. The fourth-order valence-corrected chi connectivity index (χ4v) is 2.71. The molecule has 1 aliphatic heterocycles. The Balaban J connectivity index is 0.00000392. The number of ether oxygens (including phenoxy) is 2. The number of aromatic nitrogens is 2. The minimum absolute atomic E-state index is 0. The van der Waals surface area contributed by atoms with Gasteiger partial charge in [0.2, 0.25) is 5.91 Å². The largest absolute Gasteiger partial charge is 0.462 e. The minimum atomic E-state index is -1.56. The van der Waals surface area contributed by atoms with Crippen molar-refractivity contribution in [3.05, 3.63) is 18.2 Å². The molecule has 12 heteroatoms. The van der Waals surface area contributed by atoms with Gasteiger partial charge in [0, 0.05) is 19.0 Å². The molecule has 160 valence electrons. The van der Waals surface area contributed by atoms with Crippen LogP contribution >= 0.6 is 12.4 Å². The van der Waals surface area contributed by atoms with E-state index in [1.54, 1.807) is 13.1 Å². The second-order valence-electron chi connectivity index (χ2n) is 6.39. The topological polar surface area (TPSA) is 180 Å². The number of nitrogens with one attached hydrogen (secondary N) is 2. The Bertz CT molecular complexity index is 618. The average molecular weight is 423 g/mol. The van der Waals surface area contributed by atoms with Crippen molar-refractivity contribution < 1.29 is 34.4 Å². The number of nitrogens with zero attached hydrogens (tertiary/aromatic N) is 1. The minimum Gasteiger partial charge on any atom is -0.462 e. The van der Waals surface area contributed by atoms with Crippen LogP contribution in [0.5, 0.6) is 0 Å². The van der Waals surface area contributed by atoms with Crippen molar-refractivity contribution in [3.63, 3.8) is 0 Å². The van der Waals surface area contributed by atoms with Crippen molar-refractivity contribution in [1.82, 2.24) is 15.3 Å². The number of esters is 1. The summed E-state index contributed by atoms with van der Waals surface area (Å²) in [6.45, 7) is 1.39. The van der Waals surface area contributed by atoms with Crippen LogP contribution in [-0.2, 0) is 25.5 Å². The molecule has 0 spiro atoms. The van der Waals surface area contributed by atoms with Crippen LogP contribution in [0.25, 0.3) is 0 Å². The van der Waals surface area contributed by atoms with Gasteiger partial charge in [0.05, 0.1) is 12.0 Å². The molecule has 1 fully saturated rings. The van der Waals surface area contributed by atoms with Gasteiger partial charge in [0.1, 0.15) is 37.0 Å². The van der Waals surface area contributed by atoms with E-state index in [0.29, 0.717) is 12.1 Å². The summed E-state index contributed by atoms with van der Waals surface area (Å²) >= 11 is 0. The van der Waals surface area contributed by atoms with Crippen LogP contribution in [0.4, 0.5) is 0 Å². The quantitative estimate of drug-likeness (QED) is 0.257. The van der Waals surface area contributed by atoms with E-state index in [-0.39, 0.29) is 31.2 Å². The van der Waals surface area contributed by atoms with Gasteiger partial charge in [-0.2, -0.15) is 0 Å². The fraction of sp³-hybridized carbons (Fsp3) is 0.688. The molecule has 28 heavy (non-hydrogen) atoms. The van der Waals surface area contributed by atoms with Crippen LogP contribution in [0.1, 0.15) is 25.5 Å². The zero-order chi connectivity index (χ0) is 20.0. The summed E-state index contributed by atoms with van der Waals surface area (Å²) in [5.74, 6) is -1.12. The molecule has 0 aromatic carbocycles. The van der Waals surface area contributed by atoms with Gasteiger partial charge < -0.3 is 40.8 Å². The Morgan fingerprint density at radius 3 is 2.71 bits per heavy atom. The van der Waals surface area contributed by atoms with Crippen LogP contribution in [-0.4, -0.2) is 80.5 Å². The number of hydrogen-bond donors (Lipinski definition) is 6. The molecule has 7 N–H and O–H groups in total. The lowest BCUT2D eigenvalue weighted by Crippen LogP contribution is -2.64. The van der Waals surface area contributed by atoms with Crippen LogP contribution in [0.2, 0.25) is 0 Å². The highest BCUT2D eigenvalue weighted by molar-refractivity contribution is 5.85. The molecule has 11 nitrogen and oxygen atoms in total. The third-order valence-electron chi connectivity index (χ3n) is 4.20. The fourth-order valence-electron chi connectivity index (χ4n) is 2.71. The first-order valence-corrected chi connectivity index (χ1v) is 8.72. The summed E-state index contributed by atoms with van der Waals surface area (Å²) in [6, 6.07) is -2.15. The van der Waals surface area contributed by atoms with E-state index in [0.717, 1.165) is 0 Å². The second-order valence-corrected chi connectivity index (χ2v) is 6.39. The van der Waals surface area contributed by atoms with Crippen molar-refractivity contribution in [2.45, 2.75) is 62.9 Å². The van der Waals surface area contributed by atoms with E-state index in [1.807, 2.05) is 0 Å². The number of imidazole rings is 1. The smallest absolute Gasteiger partial charge is 0.323 e. The van der Waals surface area contributed by atoms with Gasteiger partial charge >= 0.3 is 5.97 Å². The van der Waals surface area contributed by atoms with E-state index in [4.69, 9.17) is 15.2 Å². The molecule has 1 unspecified atom stereocenters. The highest BCUT2D eigenvalue weighted by atomic mass is 35.5. The lowest BCUT2D eigenvalue weighted by molar-refractivity contribution is -0.255. The maximum atomic E-state index is 12.0. The summed E-state index contributed by atoms with van der Waals surface area (Å²) in [4.78, 5) is 30.3. The number of aromatic amines is 1. The standard InChI is InChI=1S/C16H26N4O7.ClH/c1-2-3-11(21)20-12-14(23)13(22)10(27-16(12)25)6-26-15(24)9(17)4-8-5-18-7-19-8;/h5,7,9-10,12-14,16,22-23,25H,2-4,6,17H2,1H3,(H,18,19)(H,20,21);1H/t9-,10+,12+,13+,14+,16?;/m0./s1. The van der Waals surface area contributed by atoms with Crippen molar-refractivity contribution >= 4 is 24.3 Å². The summed E-state index contributed by atoms with van der Waals surface area (Å²) in [6.07, 6.45) is -1.69. The van der Waals surface area contributed by atoms with E-state index in [2.05, 4.69) is 15.3 Å². The zero-order valence-corrected chi connectivity index (χ0v) is 16.2. The predicted molar refractivity (Wildman–Crippen MR) is 98.2 cm³/mol. The summed E-state index contributed by atoms with van der Waals surface area (Å²) in [5, 5.41) is 32.7. The molecule has 0 saturated carbocycles. The first-order valence-electron chi connectivity index (χ1n) is 8.72. The van der Waals surface area contributed by atoms with Gasteiger partial charge in [-0.1, -0.05) is 6.92 Å². The molecule has 2 heterocycles. The number of H-pyrrole nitrogens is 1. The Labute approximate surface area is 168 Å². The molecular weight excluding hydrogens is 396 g/mol. The maximum Gasteiger partial charge on any atom is 0.323 e. The molecule has 0 aliphatic carbocycles. The van der Waals surface area contributed by atoms with Gasteiger partial charge in [0.25, 0.3) is 0 Å². The van der Waals surface area contributed by atoms with Gasteiger partial charge in [-0.15, -0.1) is 12.4 Å². The first-order chi connectivity index (χ1) is 12.8. The zero-order valence-electron chi connectivity index (χ0n) is 15.4. The number of aliphatic hydroxyl groups excluding tert-OH is 3. The van der Waals surface area contributed by atoms with E-state index in [1.165, 1.54) is 6.33 Å². The highest BCUT2D eigenvalue weighted by Crippen LogP contribution is 2.20. The van der Waals surface area contributed by atoms with Crippen molar-refractivity contribution in [1.29, 1.82) is 0 Å². The number of carbonyl (C=O) groups excluding carboxylic acids is 2.